The van der Waals surface area contributed by atoms with E-state index in [2.05, 4.69) is 5.32 Å². The molecule has 3 aromatic rings. The largest absolute Gasteiger partial charge is 0.450 e. The van der Waals surface area contributed by atoms with Gasteiger partial charge >= 0.3 is 5.69 Å². The van der Waals surface area contributed by atoms with Crippen LogP contribution in [0.5, 0.6) is 11.5 Å². The van der Waals surface area contributed by atoms with Crippen LogP contribution in [0.1, 0.15) is 13.8 Å². The summed E-state index contributed by atoms with van der Waals surface area (Å²) in [7, 11) is -4.03. The molecule has 0 heterocycles. The Morgan fingerprint density at radius 2 is 1.72 bits per heavy atom. The molecule has 1 amide bonds. The first-order valence-corrected chi connectivity index (χ1v) is 11.1. The van der Waals surface area contributed by atoms with E-state index >= 15 is 0 Å². The number of nitrogens with one attached hydrogen (secondary N) is 1. The lowest BCUT2D eigenvalue weighted by Gasteiger charge is -2.23. The lowest BCUT2D eigenvalue weighted by atomic mass is 10.2. The van der Waals surface area contributed by atoms with E-state index in [-0.39, 0.29) is 28.8 Å². The second-order valence-electron chi connectivity index (χ2n) is 6.70. The molecule has 0 bridgehead atoms. The van der Waals surface area contributed by atoms with Crippen LogP contribution in [0.4, 0.5) is 17.1 Å². The zero-order valence-electron chi connectivity index (χ0n) is 17.4. The van der Waals surface area contributed by atoms with Crippen LogP contribution in [-0.2, 0) is 14.8 Å². The number of benzene rings is 3. The minimum Gasteiger partial charge on any atom is -0.450 e. The topological polar surface area (TPSA) is 119 Å². The fourth-order valence-corrected chi connectivity index (χ4v) is 4.53. The van der Waals surface area contributed by atoms with Crippen molar-refractivity contribution in [3.05, 3.63) is 82.9 Å². The van der Waals surface area contributed by atoms with Crippen molar-refractivity contribution in [1.29, 1.82) is 0 Å². The van der Waals surface area contributed by atoms with Crippen molar-refractivity contribution in [2.24, 2.45) is 0 Å². The molecule has 32 heavy (non-hydrogen) atoms. The van der Waals surface area contributed by atoms with Gasteiger partial charge in [-0.2, -0.15) is 0 Å². The number of nitro benzene ring substituents is 1. The number of nitrogens with zero attached hydrogens (tertiary/aromatic N) is 2. The Kier molecular flexibility index (Phi) is 6.74. The minimum absolute atomic E-state index is 0.107. The van der Waals surface area contributed by atoms with Gasteiger partial charge < -0.3 is 10.1 Å². The van der Waals surface area contributed by atoms with Gasteiger partial charge in [-0.15, -0.1) is 0 Å². The molecule has 0 atom stereocenters. The first kappa shape index (κ1) is 22.8. The average molecular weight is 455 g/mol. The van der Waals surface area contributed by atoms with Gasteiger partial charge in [-0.3, -0.25) is 19.2 Å². The number of hydrogen-bond acceptors (Lipinski definition) is 6. The molecule has 3 rings (SSSR count). The Morgan fingerprint density at radius 3 is 2.28 bits per heavy atom. The van der Waals surface area contributed by atoms with E-state index in [0.717, 1.165) is 6.07 Å². The summed E-state index contributed by atoms with van der Waals surface area (Å²) < 4.78 is 33.1. The van der Waals surface area contributed by atoms with E-state index < -0.39 is 20.6 Å². The maximum atomic E-state index is 13.2. The Balaban J connectivity index is 1.93. The Labute approximate surface area is 185 Å². The molecule has 0 unspecified atom stereocenters. The third-order valence-electron chi connectivity index (χ3n) is 4.45. The van der Waals surface area contributed by atoms with Crippen molar-refractivity contribution in [3.8, 4) is 11.5 Å². The van der Waals surface area contributed by atoms with Gasteiger partial charge in [-0.1, -0.05) is 18.2 Å². The number of carbonyl (C=O) groups is 1. The average Bonchev–Trinajstić information content (AvgIpc) is 2.76. The molecule has 0 aliphatic carbocycles. The Bertz CT molecular complexity index is 1230. The minimum atomic E-state index is -4.03. The maximum absolute atomic E-state index is 13.2. The molecule has 0 spiro atoms. The third-order valence-corrected chi connectivity index (χ3v) is 6.35. The van der Waals surface area contributed by atoms with E-state index in [1.165, 1.54) is 35.5 Å². The second-order valence-corrected chi connectivity index (χ2v) is 8.56. The molecule has 0 aromatic heterocycles. The van der Waals surface area contributed by atoms with Crippen molar-refractivity contribution in [1.82, 2.24) is 0 Å². The maximum Gasteiger partial charge on any atom is 0.312 e. The molecule has 0 aliphatic heterocycles. The zero-order chi connectivity index (χ0) is 23.3. The standard InChI is InChI=1S/C22H21N3O6S/c1-3-24(18-7-5-4-6-8-18)32(29,30)20-13-14-22(21(15-20)25(27)28)31-19-11-9-17(10-12-19)23-16(2)26/h4-15H,3H2,1-2H3,(H,23,26). The van der Waals surface area contributed by atoms with Crippen molar-refractivity contribution in [2.75, 3.05) is 16.2 Å². The highest BCUT2D eigenvalue weighted by molar-refractivity contribution is 7.92. The number of hydrogen-bond donors (Lipinski definition) is 1. The van der Waals surface area contributed by atoms with Crippen LogP contribution in [0, 0.1) is 10.1 Å². The van der Waals surface area contributed by atoms with Crippen LogP contribution in [0.15, 0.2) is 77.7 Å². The van der Waals surface area contributed by atoms with E-state index in [1.54, 1.807) is 49.4 Å². The number of sulfonamides is 1. The van der Waals surface area contributed by atoms with Crippen molar-refractivity contribution < 1.29 is 22.9 Å². The van der Waals surface area contributed by atoms with Gasteiger partial charge in [-0.25, -0.2) is 8.42 Å². The molecule has 0 fully saturated rings. The first-order valence-electron chi connectivity index (χ1n) is 9.64. The predicted octanol–water partition coefficient (Wildman–Crippen LogP) is 4.56. The normalized spacial score (nSPS) is 10.9. The lowest BCUT2D eigenvalue weighted by Crippen LogP contribution is -2.30. The molecule has 0 aliphatic rings. The number of nitro groups is 1. The quantitative estimate of drug-likeness (QED) is 0.393. The summed E-state index contributed by atoms with van der Waals surface area (Å²) in [6.45, 7) is 3.21. The monoisotopic (exact) mass is 455 g/mol. The molecule has 0 radical (unpaired) electrons. The fraction of sp³-hybridized carbons (Fsp3) is 0.136. The van der Waals surface area contributed by atoms with Crippen LogP contribution in [0.25, 0.3) is 0 Å². The van der Waals surface area contributed by atoms with Gasteiger partial charge in [0.05, 0.1) is 15.5 Å². The number of amides is 1. The number of rotatable bonds is 8. The highest BCUT2D eigenvalue weighted by Crippen LogP contribution is 2.35. The van der Waals surface area contributed by atoms with E-state index in [9.17, 15) is 23.3 Å². The number of carbonyl (C=O) groups excluding carboxylic acids is 1. The molecule has 166 valence electrons. The summed E-state index contributed by atoms with van der Waals surface area (Å²) in [6.07, 6.45) is 0. The predicted molar refractivity (Wildman–Crippen MR) is 121 cm³/mol. The van der Waals surface area contributed by atoms with E-state index in [1.807, 2.05) is 0 Å². The van der Waals surface area contributed by atoms with Crippen LogP contribution in [0.2, 0.25) is 0 Å². The summed E-state index contributed by atoms with van der Waals surface area (Å²) in [5.41, 5.74) is 0.514. The number of ether oxygens (including phenoxy) is 1. The lowest BCUT2D eigenvalue weighted by molar-refractivity contribution is -0.385. The Hall–Kier alpha value is -3.92. The second kappa shape index (κ2) is 9.48. The van der Waals surface area contributed by atoms with Crippen molar-refractivity contribution in [3.63, 3.8) is 0 Å². The first-order chi connectivity index (χ1) is 15.2. The van der Waals surface area contributed by atoms with Gasteiger partial charge in [0.25, 0.3) is 10.0 Å². The number of para-hydroxylation sites is 1. The molecule has 0 saturated heterocycles. The van der Waals surface area contributed by atoms with Gasteiger partial charge in [-0.05, 0) is 55.5 Å². The SMILES string of the molecule is CCN(c1ccccc1)S(=O)(=O)c1ccc(Oc2ccc(NC(C)=O)cc2)c([N+](=O)[O-])c1. The van der Waals surface area contributed by atoms with Gasteiger partial charge in [0, 0.05) is 25.2 Å². The van der Waals surface area contributed by atoms with Crippen LogP contribution >= 0.6 is 0 Å². The van der Waals surface area contributed by atoms with Crippen molar-refractivity contribution in [2.45, 2.75) is 18.7 Å². The Morgan fingerprint density at radius 1 is 1.06 bits per heavy atom. The number of anilines is 2. The summed E-state index contributed by atoms with van der Waals surface area (Å²) in [4.78, 5) is 21.8. The van der Waals surface area contributed by atoms with Gasteiger partial charge in [0.15, 0.2) is 0 Å². The molecule has 10 heteroatoms. The summed E-state index contributed by atoms with van der Waals surface area (Å²) in [5.74, 6) is -0.0519. The summed E-state index contributed by atoms with van der Waals surface area (Å²) >= 11 is 0. The highest BCUT2D eigenvalue weighted by atomic mass is 32.2. The van der Waals surface area contributed by atoms with Crippen LogP contribution < -0.4 is 14.4 Å². The highest BCUT2D eigenvalue weighted by Gasteiger charge is 2.27. The molecule has 9 nitrogen and oxygen atoms in total. The molecular formula is C22H21N3O6S. The molecule has 1 N–H and O–H groups in total. The van der Waals surface area contributed by atoms with Crippen LogP contribution in [-0.4, -0.2) is 25.8 Å². The summed E-state index contributed by atoms with van der Waals surface area (Å²) in [6, 6.07) is 18.2. The van der Waals surface area contributed by atoms with Gasteiger partial charge in [0.1, 0.15) is 5.75 Å². The zero-order valence-corrected chi connectivity index (χ0v) is 18.2. The molecule has 0 saturated carbocycles. The summed E-state index contributed by atoms with van der Waals surface area (Å²) in [5, 5.41) is 14.3. The molecular weight excluding hydrogens is 434 g/mol. The molecule has 3 aromatic carbocycles. The fourth-order valence-electron chi connectivity index (χ4n) is 3.04. The van der Waals surface area contributed by atoms with Crippen molar-refractivity contribution >= 4 is 33.0 Å². The van der Waals surface area contributed by atoms with Gasteiger partial charge in [0.2, 0.25) is 11.7 Å². The third kappa shape index (κ3) is 5.03. The van der Waals surface area contributed by atoms with Crippen LogP contribution in [0.3, 0.4) is 0 Å². The van der Waals surface area contributed by atoms with E-state index in [0.29, 0.717) is 11.4 Å². The smallest absolute Gasteiger partial charge is 0.312 e. The van der Waals surface area contributed by atoms with E-state index in [4.69, 9.17) is 4.74 Å².